The van der Waals surface area contributed by atoms with Crippen LogP contribution in [-0.4, -0.2) is 56.2 Å². The number of nitrogens with zero attached hydrogens (tertiary/aromatic N) is 6. The van der Waals surface area contributed by atoms with Crippen LogP contribution in [0.3, 0.4) is 0 Å². The zero-order valence-corrected chi connectivity index (χ0v) is 17.5. The van der Waals surface area contributed by atoms with E-state index < -0.39 is 0 Å². The molecule has 1 aliphatic heterocycles. The van der Waals surface area contributed by atoms with Crippen LogP contribution < -0.4 is 0 Å². The predicted octanol–water partition coefficient (Wildman–Crippen LogP) is 3.70. The normalized spacial score (nSPS) is 19.9. The minimum Gasteiger partial charge on any atom is -0.297 e. The third-order valence-corrected chi connectivity index (χ3v) is 6.57. The molecule has 0 amide bonds. The zero-order valence-electron chi connectivity index (χ0n) is 17.5. The van der Waals surface area contributed by atoms with Crippen molar-refractivity contribution in [1.29, 1.82) is 0 Å². The molecule has 2 fully saturated rings. The Morgan fingerprint density at radius 1 is 0.833 bits per heavy atom. The van der Waals surface area contributed by atoms with Gasteiger partial charge in [0, 0.05) is 32.7 Å². The molecule has 6 nitrogen and oxygen atoms in total. The van der Waals surface area contributed by atoms with E-state index in [4.69, 9.17) is 0 Å². The third kappa shape index (κ3) is 4.16. The first-order chi connectivity index (χ1) is 14.9. The molecule has 1 saturated heterocycles. The van der Waals surface area contributed by atoms with Gasteiger partial charge in [-0.25, -0.2) is 4.68 Å². The largest absolute Gasteiger partial charge is 0.297 e. The highest BCUT2D eigenvalue weighted by Crippen LogP contribution is 2.34. The van der Waals surface area contributed by atoms with E-state index in [2.05, 4.69) is 90.7 Å². The van der Waals surface area contributed by atoms with E-state index in [9.17, 15) is 0 Å². The van der Waals surface area contributed by atoms with Crippen molar-refractivity contribution in [1.82, 2.24) is 30.0 Å². The van der Waals surface area contributed by atoms with Crippen LogP contribution in [0.25, 0.3) is 0 Å². The van der Waals surface area contributed by atoms with E-state index in [0.29, 0.717) is 6.04 Å². The van der Waals surface area contributed by atoms with E-state index in [1.165, 1.54) is 36.8 Å². The highest BCUT2D eigenvalue weighted by molar-refractivity contribution is 5.25. The molecule has 156 valence electrons. The Morgan fingerprint density at radius 2 is 1.50 bits per heavy atom. The predicted molar refractivity (Wildman–Crippen MR) is 117 cm³/mol. The first kappa shape index (κ1) is 19.4. The highest BCUT2D eigenvalue weighted by atomic mass is 15.6. The number of piperazine rings is 1. The van der Waals surface area contributed by atoms with Crippen LogP contribution in [0.15, 0.2) is 60.7 Å². The Balaban J connectivity index is 1.36. The van der Waals surface area contributed by atoms with Crippen molar-refractivity contribution in [2.45, 2.75) is 44.3 Å². The van der Waals surface area contributed by atoms with E-state index in [1.807, 2.05) is 0 Å². The molecular formula is C24H30N6. The SMILES string of the molecule is c1ccc(CN2CCN(C(c3ccccc3)c3nnnn3C3CCCC3)CC2)cc1. The van der Waals surface area contributed by atoms with Gasteiger partial charge in [0.2, 0.25) is 0 Å². The molecule has 1 unspecified atom stereocenters. The summed E-state index contributed by atoms with van der Waals surface area (Å²) in [6, 6.07) is 22.1. The molecule has 1 saturated carbocycles. The maximum atomic E-state index is 4.55. The second kappa shape index (κ2) is 9.06. The smallest absolute Gasteiger partial charge is 0.173 e. The lowest BCUT2D eigenvalue weighted by molar-refractivity contribution is 0.0993. The number of aromatic nitrogens is 4. The van der Waals surface area contributed by atoms with E-state index >= 15 is 0 Å². The lowest BCUT2D eigenvalue weighted by atomic mass is 10.0. The van der Waals surface area contributed by atoms with Gasteiger partial charge in [0.1, 0.15) is 0 Å². The minimum atomic E-state index is 0.112. The quantitative estimate of drug-likeness (QED) is 0.629. The van der Waals surface area contributed by atoms with Gasteiger partial charge in [0.25, 0.3) is 0 Å². The molecule has 0 N–H and O–H groups in total. The van der Waals surface area contributed by atoms with Crippen LogP contribution in [0.2, 0.25) is 0 Å². The summed E-state index contributed by atoms with van der Waals surface area (Å²) in [7, 11) is 0. The number of hydrogen-bond acceptors (Lipinski definition) is 5. The van der Waals surface area contributed by atoms with Gasteiger partial charge >= 0.3 is 0 Å². The first-order valence-corrected chi connectivity index (χ1v) is 11.2. The topological polar surface area (TPSA) is 50.1 Å². The Hall–Kier alpha value is -2.57. The van der Waals surface area contributed by atoms with Gasteiger partial charge in [-0.3, -0.25) is 9.80 Å². The Morgan fingerprint density at radius 3 is 2.20 bits per heavy atom. The Bertz CT molecular complexity index is 911. The van der Waals surface area contributed by atoms with Gasteiger partial charge in [-0.2, -0.15) is 0 Å². The zero-order chi connectivity index (χ0) is 20.2. The maximum Gasteiger partial charge on any atom is 0.173 e. The summed E-state index contributed by atoms with van der Waals surface area (Å²) in [4.78, 5) is 5.11. The van der Waals surface area contributed by atoms with Crippen molar-refractivity contribution >= 4 is 0 Å². The van der Waals surface area contributed by atoms with Crippen molar-refractivity contribution in [3.05, 3.63) is 77.6 Å². The van der Waals surface area contributed by atoms with Crippen LogP contribution in [0, 0.1) is 0 Å². The molecule has 1 atom stereocenters. The number of benzene rings is 2. The van der Waals surface area contributed by atoms with E-state index in [-0.39, 0.29) is 6.04 Å². The fourth-order valence-corrected chi connectivity index (χ4v) is 4.97. The summed E-state index contributed by atoms with van der Waals surface area (Å²) >= 11 is 0. The highest BCUT2D eigenvalue weighted by Gasteiger charge is 2.32. The fourth-order valence-electron chi connectivity index (χ4n) is 4.97. The van der Waals surface area contributed by atoms with Crippen LogP contribution >= 0.6 is 0 Å². The van der Waals surface area contributed by atoms with Gasteiger partial charge < -0.3 is 0 Å². The molecule has 2 aliphatic rings. The van der Waals surface area contributed by atoms with Gasteiger partial charge in [-0.15, -0.1) is 5.10 Å². The molecule has 2 heterocycles. The molecule has 0 spiro atoms. The lowest BCUT2D eigenvalue weighted by Crippen LogP contribution is -2.48. The summed E-state index contributed by atoms with van der Waals surface area (Å²) in [6.07, 6.45) is 4.92. The molecule has 1 aromatic heterocycles. The molecule has 5 rings (SSSR count). The van der Waals surface area contributed by atoms with Crippen molar-refractivity contribution in [3.63, 3.8) is 0 Å². The molecule has 2 aromatic carbocycles. The molecule has 0 radical (unpaired) electrons. The standard InChI is InChI=1S/C24H30N6/c1-3-9-20(10-4-1)19-28-15-17-29(18-16-28)23(21-11-5-2-6-12-21)24-25-26-27-30(24)22-13-7-8-14-22/h1-6,9-12,22-23H,7-8,13-19H2. The molecule has 0 bridgehead atoms. The molecule has 1 aliphatic carbocycles. The lowest BCUT2D eigenvalue weighted by Gasteiger charge is -2.39. The summed E-state index contributed by atoms with van der Waals surface area (Å²) in [5, 5.41) is 13.1. The second-order valence-electron chi connectivity index (χ2n) is 8.53. The minimum absolute atomic E-state index is 0.112. The van der Waals surface area contributed by atoms with Crippen molar-refractivity contribution in [2.24, 2.45) is 0 Å². The monoisotopic (exact) mass is 402 g/mol. The van der Waals surface area contributed by atoms with Crippen molar-refractivity contribution < 1.29 is 0 Å². The summed E-state index contributed by atoms with van der Waals surface area (Å²) < 4.78 is 2.13. The average molecular weight is 403 g/mol. The Labute approximate surface area is 178 Å². The van der Waals surface area contributed by atoms with Gasteiger partial charge in [-0.1, -0.05) is 73.5 Å². The average Bonchev–Trinajstić information content (AvgIpc) is 3.49. The molecule has 6 heteroatoms. The van der Waals surface area contributed by atoms with E-state index in [1.54, 1.807) is 0 Å². The fraction of sp³-hybridized carbons (Fsp3) is 0.458. The number of rotatable bonds is 6. The van der Waals surface area contributed by atoms with Crippen LogP contribution in [0.1, 0.15) is 54.7 Å². The van der Waals surface area contributed by atoms with Gasteiger partial charge in [0.15, 0.2) is 5.82 Å². The van der Waals surface area contributed by atoms with Gasteiger partial charge in [-0.05, 0) is 34.4 Å². The van der Waals surface area contributed by atoms with Crippen molar-refractivity contribution in [2.75, 3.05) is 26.2 Å². The van der Waals surface area contributed by atoms with Gasteiger partial charge in [0.05, 0.1) is 12.1 Å². The van der Waals surface area contributed by atoms with E-state index in [0.717, 1.165) is 38.5 Å². The Kier molecular flexibility index (Phi) is 5.86. The van der Waals surface area contributed by atoms with Crippen molar-refractivity contribution in [3.8, 4) is 0 Å². The summed E-state index contributed by atoms with van der Waals surface area (Å²) in [6.45, 7) is 5.17. The summed E-state index contributed by atoms with van der Waals surface area (Å²) in [5.74, 6) is 1.00. The molecule has 3 aromatic rings. The third-order valence-electron chi connectivity index (χ3n) is 6.57. The molecular weight excluding hydrogens is 372 g/mol. The maximum absolute atomic E-state index is 4.55. The van der Waals surface area contributed by atoms with Crippen LogP contribution in [0.5, 0.6) is 0 Å². The van der Waals surface area contributed by atoms with Crippen LogP contribution in [-0.2, 0) is 6.54 Å². The first-order valence-electron chi connectivity index (χ1n) is 11.2. The van der Waals surface area contributed by atoms with Crippen LogP contribution in [0.4, 0.5) is 0 Å². The number of hydrogen-bond donors (Lipinski definition) is 0. The molecule has 30 heavy (non-hydrogen) atoms. The summed E-state index contributed by atoms with van der Waals surface area (Å²) in [5.41, 5.74) is 2.67. The number of tetrazole rings is 1. The second-order valence-corrected chi connectivity index (χ2v) is 8.53.